The van der Waals surface area contributed by atoms with Gasteiger partial charge in [0, 0.05) is 25.7 Å². The van der Waals surface area contributed by atoms with E-state index >= 15 is 0 Å². The fourth-order valence-electron chi connectivity index (χ4n) is 11.0. The third-order valence-corrected chi connectivity index (χ3v) is 19.1. The average molecular weight is 1350 g/mol. The molecule has 0 saturated carbocycles. The predicted octanol–water partition coefficient (Wildman–Crippen LogP) is 20.9. The molecular formula is C73H142O17P2. The highest BCUT2D eigenvalue weighted by molar-refractivity contribution is 7.47. The van der Waals surface area contributed by atoms with Crippen molar-refractivity contribution in [2.24, 2.45) is 23.7 Å². The summed E-state index contributed by atoms with van der Waals surface area (Å²) in [6.07, 6.45) is 46.1. The van der Waals surface area contributed by atoms with Crippen LogP contribution < -0.4 is 0 Å². The Labute approximate surface area is 562 Å². The van der Waals surface area contributed by atoms with Crippen molar-refractivity contribution >= 4 is 39.5 Å². The number of esters is 4. The number of aliphatic hydroxyl groups excluding tert-OH is 1. The fraction of sp³-hybridized carbons (Fsp3) is 0.945. The van der Waals surface area contributed by atoms with E-state index < -0.39 is 97.5 Å². The minimum Gasteiger partial charge on any atom is -0.462 e. The molecule has 3 N–H and O–H groups in total. The summed E-state index contributed by atoms with van der Waals surface area (Å²) in [5.41, 5.74) is 0. The van der Waals surface area contributed by atoms with Crippen LogP contribution in [-0.4, -0.2) is 96.7 Å². The van der Waals surface area contributed by atoms with Crippen molar-refractivity contribution in [1.82, 2.24) is 0 Å². The van der Waals surface area contributed by atoms with E-state index in [-0.39, 0.29) is 25.7 Å². The highest BCUT2D eigenvalue weighted by Crippen LogP contribution is 2.45. The minimum absolute atomic E-state index is 0.101. The first-order chi connectivity index (χ1) is 44.1. The van der Waals surface area contributed by atoms with Gasteiger partial charge in [0.15, 0.2) is 12.2 Å². The molecule has 0 saturated heterocycles. The van der Waals surface area contributed by atoms with Gasteiger partial charge in [-0.05, 0) is 49.4 Å². The molecule has 546 valence electrons. The van der Waals surface area contributed by atoms with Crippen molar-refractivity contribution in [1.29, 1.82) is 0 Å². The van der Waals surface area contributed by atoms with Crippen LogP contribution in [0.1, 0.15) is 364 Å². The number of rotatable bonds is 70. The first kappa shape index (κ1) is 90.1. The lowest BCUT2D eigenvalue weighted by Crippen LogP contribution is -2.30. The summed E-state index contributed by atoms with van der Waals surface area (Å²) >= 11 is 0. The van der Waals surface area contributed by atoms with E-state index in [0.29, 0.717) is 31.6 Å². The Kier molecular flexibility index (Phi) is 61.3. The van der Waals surface area contributed by atoms with Crippen molar-refractivity contribution in [3.8, 4) is 0 Å². The molecule has 0 radical (unpaired) electrons. The largest absolute Gasteiger partial charge is 0.472 e. The van der Waals surface area contributed by atoms with Gasteiger partial charge in [-0.3, -0.25) is 37.3 Å². The predicted molar refractivity (Wildman–Crippen MR) is 372 cm³/mol. The molecule has 0 spiro atoms. The summed E-state index contributed by atoms with van der Waals surface area (Å²) in [5, 5.41) is 10.6. The summed E-state index contributed by atoms with van der Waals surface area (Å²) in [6, 6.07) is 0. The molecule has 92 heavy (non-hydrogen) atoms. The maximum Gasteiger partial charge on any atom is 0.472 e. The van der Waals surface area contributed by atoms with Gasteiger partial charge in [-0.1, -0.05) is 312 Å². The first-order valence-electron chi connectivity index (χ1n) is 37.7. The zero-order chi connectivity index (χ0) is 68.2. The molecule has 3 unspecified atom stereocenters. The molecule has 0 aliphatic rings. The van der Waals surface area contributed by atoms with Gasteiger partial charge in [0.2, 0.25) is 0 Å². The Bertz CT molecular complexity index is 1820. The van der Waals surface area contributed by atoms with Crippen LogP contribution >= 0.6 is 15.6 Å². The van der Waals surface area contributed by atoms with Gasteiger partial charge in [-0.2, -0.15) is 0 Å². The summed E-state index contributed by atoms with van der Waals surface area (Å²) in [7, 11) is -9.90. The fourth-order valence-corrected chi connectivity index (χ4v) is 12.6. The third-order valence-electron chi connectivity index (χ3n) is 17.2. The van der Waals surface area contributed by atoms with Crippen LogP contribution in [0.4, 0.5) is 0 Å². The Hall–Kier alpha value is -1.94. The number of aliphatic hydroxyl groups is 1. The molecule has 19 heteroatoms. The van der Waals surface area contributed by atoms with E-state index in [2.05, 4.69) is 55.4 Å². The highest BCUT2D eigenvalue weighted by atomic mass is 31.2. The van der Waals surface area contributed by atoms with Crippen molar-refractivity contribution < 1.29 is 80.2 Å². The molecule has 0 aromatic heterocycles. The second-order valence-corrected chi connectivity index (χ2v) is 30.9. The summed E-state index contributed by atoms with van der Waals surface area (Å²) in [6.45, 7) is 14.1. The van der Waals surface area contributed by atoms with Gasteiger partial charge >= 0.3 is 39.5 Å². The van der Waals surface area contributed by atoms with Gasteiger partial charge in [-0.25, -0.2) is 9.13 Å². The maximum absolute atomic E-state index is 13.1. The van der Waals surface area contributed by atoms with Gasteiger partial charge in [0.1, 0.15) is 19.3 Å². The molecule has 0 aliphatic carbocycles. The maximum atomic E-state index is 13.1. The van der Waals surface area contributed by atoms with Crippen LogP contribution in [0.25, 0.3) is 0 Å². The Morgan fingerprint density at radius 1 is 0.304 bits per heavy atom. The third kappa shape index (κ3) is 65.4. The van der Waals surface area contributed by atoms with E-state index in [0.717, 1.165) is 114 Å². The summed E-state index contributed by atoms with van der Waals surface area (Å²) in [5.74, 6) is 0.847. The number of hydrogen-bond acceptors (Lipinski definition) is 15. The molecular weight excluding hydrogens is 1210 g/mol. The molecule has 6 atom stereocenters. The smallest absolute Gasteiger partial charge is 0.462 e. The SMILES string of the molecule is CCC(C)CCCCCCCCC(=O)OC[C@H](COP(=O)(O)OC[C@H](O)COP(=O)(O)OC[C@@H](COC(=O)CCCCCCCCCCCCCCCCCCC(C)C)OC(=O)CCCCCCCCCCCCCC(C)C)OC(=O)CCCCCCCCC(C)C. The van der Waals surface area contributed by atoms with Crippen LogP contribution in [0.5, 0.6) is 0 Å². The normalized spacial score (nSPS) is 14.5. The minimum atomic E-state index is -4.96. The molecule has 0 rings (SSSR count). The Morgan fingerprint density at radius 3 is 0.772 bits per heavy atom. The summed E-state index contributed by atoms with van der Waals surface area (Å²) in [4.78, 5) is 72.6. The van der Waals surface area contributed by atoms with E-state index in [1.807, 2.05) is 0 Å². The molecule has 0 amide bonds. The lowest BCUT2D eigenvalue weighted by molar-refractivity contribution is -0.161. The molecule has 0 aromatic carbocycles. The van der Waals surface area contributed by atoms with Crippen molar-refractivity contribution in [3.63, 3.8) is 0 Å². The van der Waals surface area contributed by atoms with Crippen LogP contribution in [0.15, 0.2) is 0 Å². The van der Waals surface area contributed by atoms with Gasteiger partial charge < -0.3 is 33.8 Å². The van der Waals surface area contributed by atoms with E-state index in [1.54, 1.807) is 0 Å². The number of phosphoric ester groups is 2. The molecule has 0 bridgehead atoms. The number of phosphoric acid groups is 2. The Balaban J connectivity index is 5.20. The monoisotopic (exact) mass is 1350 g/mol. The van der Waals surface area contributed by atoms with Gasteiger partial charge in [-0.15, -0.1) is 0 Å². The van der Waals surface area contributed by atoms with Crippen LogP contribution in [0.2, 0.25) is 0 Å². The molecule has 0 aromatic rings. The number of unbranched alkanes of at least 4 members (excludes halogenated alkanes) is 35. The number of hydrogen-bond donors (Lipinski definition) is 3. The lowest BCUT2D eigenvalue weighted by Gasteiger charge is -2.21. The first-order valence-corrected chi connectivity index (χ1v) is 40.7. The van der Waals surface area contributed by atoms with E-state index in [9.17, 15) is 43.2 Å². The molecule has 0 heterocycles. The molecule has 17 nitrogen and oxygen atoms in total. The number of ether oxygens (including phenoxy) is 4. The van der Waals surface area contributed by atoms with E-state index in [4.69, 9.17) is 37.0 Å². The zero-order valence-electron chi connectivity index (χ0n) is 60.2. The van der Waals surface area contributed by atoms with Crippen molar-refractivity contribution in [3.05, 3.63) is 0 Å². The zero-order valence-corrected chi connectivity index (χ0v) is 62.0. The van der Waals surface area contributed by atoms with Gasteiger partial charge in [0.05, 0.1) is 26.4 Å². The number of carbonyl (C=O) groups excluding carboxylic acids is 4. The topological polar surface area (TPSA) is 237 Å². The lowest BCUT2D eigenvalue weighted by atomic mass is 10.00. The van der Waals surface area contributed by atoms with Crippen LogP contribution in [-0.2, 0) is 65.4 Å². The average Bonchev–Trinajstić information content (AvgIpc) is 1.35. The van der Waals surface area contributed by atoms with E-state index in [1.165, 1.54) is 161 Å². The second kappa shape index (κ2) is 62.6. The Morgan fingerprint density at radius 2 is 0.522 bits per heavy atom. The summed E-state index contributed by atoms with van der Waals surface area (Å²) < 4.78 is 68.3. The quantitative estimate of drug-likeness (QED) is 0.0222. The van der Waals surface area contributed by atoms with Crippen LogP contribution in [0, 0.1) is 23.7 Å². The van der Waals surface area contributed by atoms with Gasteiger partial charge in [0.25, 0.3) is 0 Å². The van der Waals surface area contributed by atoms with Crippen LogP contribution in [0.3, 0.4) is 0 Å². The highest BCUT2D eigenvalue weighted by Gasteiger charge is 2.30. The molecule has 0 fully saturated rings. The van der Waals surface area contributed by atoms with Crippen molar-refractivity contribution in [2.75, 3.05) is 39.6 Å². The second-order valence-electron chi connectivity index (χ2n) is 28.0. The molecule has 0 aliphatic heterocycles. The van der Waals surface area contributed by atoms with Crippen molar-refractivity contribution in [2.45, 2.75) is 382 Å². The number of carbonyl (C=O) groups is 4. The standard InChI is InChI=1S/C73H142O17P2/c1-9-66(8)52-44-36-30-32-38-46-54-71(76)84-60-69(90-73(78)56-48-40-31-29-35-43-51-65(6)7)62-88-92(81,82)86-58-67(74)57-85-91(79,80)87-61-68(89-72(77)55-47-39-28-24-20-16-18-22-26-34-42-50-64(4)5)59-83-70(75)53-45-37-27-23-19-15-13-11-10-12-14-17-21-25-33-41-49-63(2)3/h63-69,74H,9-62H2,1-8H3,(H,79,80)(H,81,82)/t66?,67-,68-,69-/m1/s1.